The van der Waals surface area contributed by atoms with E-state index in [1.807, 2.05) is 6.92 Å². The van der Waals surface area contributed by atoms with E-state index in [9.17, 15) is 14.7 Å². The van der Waals surface area contributed by atoms with Crippen LogP contribution in [0.1, 0.15) is 19.4 Å². The molecule has 0 unspecified atom stereocenters. The van der Waals surface area contributed by atoms with Gasteiger partial charge in [-0.05, 0) is 32.0 Å². The van der Waals surface area contributed by atoms with Crippen molar-refractivity contribution in [3.8, 4) is 11.5 Å². The first kappa shape index (κ1) is 15.6. The van der Waals surface area contributed by atoms with Crippen LogP contribution in [0.5, 0.6) is 11.5 Å². The Morgan fingerprint density at radius 3 is 2.25 bits per heavy atom. The molecule has 0 bridgehead atoms. The lowest BCUT2D eigenvalue weighted by molar-refractivity contribution is -0.146. The monoisotopic (exact) mass is 280 g/mol. The number of carbonyl (C=O) groups excluding carboxylic acids is 1. The Labute approximate surface area is 116 Å². The van der Waals surface area contributed by atoms with E-state index in [1.54, 1.807) is 13.0 Å². The van der Waals surface area contributed by atoms with Gasteiger partial charge in [0.2, 0.25) is 0 Å². The number of aliphatic carboxylic acids is 1. The van der Waals surface area contributed by atoms with Crippen LogP contribution in [0, 0.1) is 0 Å². The van der Waals surface area contributed by atoms with Crippen molar-refractivity contribution in [1.29, 1.82) is 0 Å². The summed E-state index contributed by atoms with van der Waals surface area (Å²) in [6.07, 6.45) is 0.647. The van der Waals surface area contributed by atoms with Gasteiger partial charge < -0.3 is 19.7 Å². The van der Waals surface area contributed by atoms with E-state index >= 15 is 0 Å². The van der Waals surface area contributed by atoms with Crippen molar-refractivity contribution >= 4 is 17.5 Å². The number of ketones is 1. The number of ether oxygens (including phenoxy) is 2. The van der Waals surface area contributed by atoms with Gasteiger partial charge in [-0.1, -0.05) is 0 Å². The SMILES string of the molecule is CCOc1ccc(/C(O)=C/C(=O)C(=O)O)cc1OCC. The molecule has 0 spiro atoms. The highest BCUT2D eigenvalue weighted by Crippen LogP contribution is 2.30. The molecule has 6 heteroatoms. The molecule has 0 saturated heterocycles. The molecule has 0 aromatic heterocycles. The summed E-state index contributed by atoms with van der Waals surface area (Å²) in [5.74, 6) is -2.35. The third-order valence-corrected chi connectivity index (χ3v) is 2.32. The van der Waals surface area contributed by atoms with Crippen LogP contribution < -0.4 is 9.47 Å². The van der Waals surface area contributed by atoms with Crippen molar-refractivity contribution in [2.75, 3.05) is 13.2 Å². The van der Waals surface area contributed by atoms with E-state index in [0.29, 0.717) is 30.8 Å². The average molecular weight is 280 g/mol. The standard InChI is InChI=1S/C14H16O6/c1-3-19-12-6-5-9(7-13(12)20-4-2)10(15)8-11(16)14(17)18/h5-8,15H,3-4H2,1-2H3,(H,17,18)/b10-8-. The number of carboxylic acid groups (broad SMARTS) is 1. The Balaban J connectivity index is 3.10. The molecule has 0 radical (unpaired) electrons. The zero-order valence-corrected chi connectivity index (χ0v) is 11.3. The van der Waals surface area contributed by atoms with Gasteiger partial charge in [0.25, 0.3) is 5.78 Å². The maximum atomic E-state index is 11.0. The minimum absolute atomic E-state index is 0.270. The Morgan fingerprint density at radius 2 is 1.70 bits per heavy atom. The van der Waals surface area contributed by atoms with E-state index in [-0.39, 0.29) is 5.56 Å². The minimum atomic E-state index is -1.63. The van der Waals surface area contributed by atoms with Crippen molar-refractivity contribution in [2.24, 2.45) is 0 Å². The van der Waals surface area contributed by atoms with Gasteiger partial charge in [0.15, 0.2) is 11.5 Å². The molecule has 6 nitrogen and oxygen atoms in total. The van der Waals surface area contributed by atoms with Crippen molar-refractivity contribution in [2.45, 2.75) is 13.8 Å². The summed E-state index contributed by atoms with van der Waals surface area (Å²) < 4.78 is 10.7. The lowest BCUT2D eigenvalue weighted by atomic mass is 10.1. The second kappa shape index (κ2) is 7.18. The van der Waals surface area contributed by atoms with Crippen molar-refractivity contribution in [3.05, 3.63) is 29.8 Å². The van der Waals surface area contributed by atoms with Crippen LogP contribution in [0.2, 0.25) is 0 Å². The van der Waals surface area contributed by atoms with Crippen LogP contribution >= 0.6 is 0 Å². The maximum Gasteiger partial charge on any atom is 0.376 e. The van der Waals surface area contributed by atoms with Crippen molar-refractivity contribution in [3.63, 3.8) is 0 Å². The zero-order chi connectivity index (χ0) is 15.1. The maximum absolute atomic E-state index is 11.0. The summed E-state index contributed by atoms with van der Waals surface area (Å²) in [4.78, 5) is 21.4. The second-order valence-corrected chi connectivity index (χ2v) is 3.73. The highest BCUT2D eigenvalue weighted by Gasteiger charge is 2.13. The molecule has 0 aliphatic heterocycles. The summed E-state index contributed by atoms with van der Waals surface area (Å²) in [5.41, 5.74) is 0.270. The van der Waals surface area contributed by atoms with Crippen LogP contribution in [0.15, 0.2) is 24.3 Å². The van der Waals surface area contributed by atoms with E-state index in [1.165, 1.54) is 12.1 Å². The quantitative estimate of drug-likeness (QED) is 0.451. The van der Waals surface area contributed by atoms with E-state index in [0.717, 1.165) is 0 Å². The number of hydrogen-bond acceptors (Lipinski definition) is 5. The molecule has 20 heavy (non-hydrogen) atoms. The third kappa shape index (κ3) is 4.01. The van der Waals surface area contributed by atoms with Crippen LogP contribution in [-0.2, 0) is 9.59 Å². The van der Waals surface area contributed by atoms with Crippen LogP contribution in [0.25, 0.3) is 5.76 Å². The summed E-state index contributed by atoms with van der Waals surface area (Å²) >= 11 is 0. The van der Waals surface area contributed by atoms with Crippen molar-refractivity contribution < 1.29 is 29.3 Å². The van der Waals surface area contributed by atoms with Crippen LogP contribution in [0.3, 0.4) is 0 Å². The molecular formula is C14H16O6. The Kier molecular flexibility index (Phi) is 5.58. The van der Waals surface area contributed by atoms with Gasteiger partial charge in [0, 0.05) is 11.6 Å². The average Bonchev–Trinajstić information content (AvgIpc) is 2.41. The lowest BCUT2D eigenvalue weighted by Gasteiger charge is -2.12. The van der Waals surface area contributed by atoms with Gasteiger partial charge in [0.1, 0.15) is 5.76 Å². The lowest BCUT2D eigenvalue weighted by Crippen LogP contribution is -2.09. The molecule has 1 rings (SSSR count). The first-order valence-corrected chi connectivity index (χ1v) is 6.07. The molecule has 1 aromatic carbocycles. The number of carbonyl (C=O) groups is 2. The topological polar surface area (TPSA) is 93.1 Å². The van der Waals surface area contributed by atoms with Gasteiger partial charge in [-0.3, -0.25) is 4.79 Å². The van der Waals surface area contributed by atoms with Crippen LogP contribution in [-0.4, -0.2) is 35.2 Å². The normalized spacial score (nSPS) is 11.0. The first-order chi connectivity index (χ1) is 9.49. The molecular weight excluding hydrogens is 264 g/mol. The highest BCUT2D eigenvalue weighted by molar-refractivity contribution is 6.38. The second-order valence-electron chi connectivity index (χ2n) is 3.73. The van der Waals surface area contributed by atoms with Crippen molar-refractivity contribution in [1.82, 2.24) is 0 Å². The molecule has 2 N–H and O–H groups in total. The third-order valence-electron chi connectivity index (χ3n) is 2.32. The van der Waals surface area contributed by atoms with E-state index < -0.39 is 17.5 Å². The number of carboxylic acids is 1. The fraction of sp³-hybridized carbons (Fsp3) is 0.286. The zero-order valence-electron chi connectivity index (χ0n) is 11.3. The number of aliphatic hydroxyl groups excluding tert-OH is 1. The van der Waals surface area contributed by atoms with Gasteiger partial charge in [-0.15, -0.1) is 0 Å². The van der Waals surface area contributed by atoms with Gasteiger partial charge in [-0.2, -0.15) is 0 Å². The molecule has 0 fully saturated rings. The number of hydrogen-bond donors (Lipinski definition) is 2. The van der Waals surface area contributed by atoms with Gasteiger partial charge in [-0.25, -0.2) is 4.79 Å². The smallest absolute Gasteiger partial charge is 0.376 e. The minimum Gasteiger partial charge on any atom is -0.507 e. The van der Waals surface area contributed by atoms with E-state index in [2.05, 4.69) is 0 Å². The molecule has 108 valence electrons. The summed E-state index contributed by atoms with van der Waals surface area (Å²) in [6.45, 7) is 4.49. The fourth-order valence-electron chi connectivity index (χ4n) is 1.48. The Morgan fingerprint density at radius 1 is 1.10 bits per heavy atom. The predicted octanol–water partition coefficient (Wildman–Crippen LogP) is 2.04. The molecule has 1 aromatic rings. The molecule has 0 amide bonds. The number of rotatable bonds is 7. The Bertz CT molecular complexity index is 532. The summed E-state index contributed by atoms with van der Waals surface area (Å²) in [6, 6.07) is 4.57. The first-order valence-electron chi connectivity index (χ1n) is 6.07. The molecule has 0 aliphatic carbocycles. The molecule has 0 atom stereocenters. The molecule has 0 heterocycles. The predicted molar refractivity (Wildman–Crippen MR) is 72.0 cm³/mol. The highest BCUT2D eigenvalue weighted by atomic mass is 16.5. The van der Waals surface area contributed by atoms with E-state index in [4.69, 9.17) is 14.6 Å². The largest absolute Gasteiger partial charge is 0.507 e. The number of benzene rings is 1. The summed E-state index contributed by atoms with van der Waals surface area (Å²) in [7, 11) is 0. The van der Waals surface area contributed by atoms with Gasteiger partial charge in [0.05, 0.1) is 13.2 Å². The van der Waals surface area contributed by atoms with Gasteiger partial charge >= 0.3 is 5.97 Å². The summed E-state index contributed by atoms with van der Waals surface area (Å²) in [5, 5.41) is 18.2. The molecule has 0 saturated carbocycles. The molecule has 0 aliphatic rings. The number of aliphatic hydroxyl groups is 1. The fourth-order valence-corrected chi connectivity index (χ4v) is 1.48. The van der Waals surface area contributed by atoms with Crippen LogP contribution in [0.4, 0.5) is 0 Å². The Hall–Kier alpha value is -2.50.